The molecule has 0 heterocycles. The van der Waals surface area contributed by atoms with Crippen LogP contribution in [0.25, 0.3) is 0 Å². The Bertz CT molecular complexity index is 292. The van der Waals surface area contributed by atoms with E-state index in [1.165, 1.54) is 5.56 Å². The topological polar surface area (TPSA) is 29.5 Å². The molecule has 2 unspecified atom stereocenters. The molecule has 0 aromatic heterocycles. The highest BCUT2D eigenvalue weighted by atomic mass is 16.5. The average molecular weight is 222 g/mol. The molecule has 2 heteroatoms. The van der Waals surface area contributed by atoms with Crippen molar-refractivity contribution in [3.63, 3.8) is 0 Å². The van der Waals surface area contributed by atoms with E-state index in [1.54, 1.807) is 0 Å². The van der Waals surface area contributed by atoms with Gasteiger partial charge in [-0.05, 0) is 25.8 Å². The summed E-state index contributed by atoms with van der Waals surface area (Å²) in [5, 5.41) is 9.90. The van der Waals surface area contributed by atoms with Crippen molar-refractivity contribution < 1.29 is 9.84 Å². The highest BCUT2D eigenvalue weighted by molar-refractivity contribution is 5.23. The van der Waals surface area contributed by atoms with E-state index in [-0.39, 0.29) is 6.10 Å². The number of aliphatic hydroxyl groups is 1. The Morgan fingerprint density at radius 2 is 1.88 bits per heavy atom. The van der Waals surface area contributed by atoms with Crippen molar-refractivity contribution in [2.75, 3.05) is 6.61 Å². The molecule has 0 aliphatic carbocycles. The zero-order valence-corrected chi connectivity index (χ0v) is 10.4. The Balaban J connectivity index is 2.40. The van der Waals surface area contributed by atoms with Crippen molar-refractivity contribution in [3.8, 4) is 0 Å². The van der Waals surface area contributed by atoms with Gasteiger partial charge < -0.3 is 9.84 Å². The Hall–Kier alpha value is -0.860. The van der Waals surface area contributed by atoms with Gasteiger partial charge in [-0.1, -0.05) is 43.2 Å². The van der Waals surface area contributed by atoms with Crippen LogP contribution in [0, 0.1) is 6.92 Å². The minimum Gasteiger partial charge on any atom is -0.386 e. The Morgan fingerprint density at radius 1 is 1.25 bits per heavy atom. The third-order valence-electron chi connectivity index (χ3n) is 2.70. The maximum absolute atomic E-state index is 9.90. The summed E-state index contributed by atoms with van der Waals surface area (Å²) in [6, 6.07) is 7.92. The first-order chi connectivity index (χ1) is 7.63. The van der Waals surface area contributed by atoms with E-state index in [0.717, 1.165) is 18.4 Å². The number of hydrogen-bond acceptors (Lipinski definition) is 2. The smallest absolute Gasteiger partial charge is 0.102 e. The predicted octanol–water partition coefficient (Wildman–Crippen LogP) is 3.23. The van der Waals surface area contributed by atoms with Crippen LogP contribution in [-0.2, 0) is 4.74 Å². The van der Waals surface area contributed by atoms with Crippen LogP contribution in [0.5, 0.6) is 0 Å². The van der Waals surface area contributed by atoms with E-state index in [2.05, 4.69) is 6.92 Å². The monoisotopic (exact) mass is 222 g/mol. The first-order valence-corrected chi connectivity index (χ1v) is 5.99. The van der Waals surface area contributed by atoms with Gasteiger partial charge in [0.25, 0.3) is 0 Å². The maximum atomic E-state index is 9.90. The molecule has 0 radical (unpaired) electrons. The molecule has 2 nitrogen and oxygen atoms in total. The fourth-order valence-corrected chi connectivity index (χ4v) is 1.63. The van der Waals surface area contributed by atoms with Gasteiger partial charge in [-0.15, -0.1) is 0 Å². The highest BCUT2D eigenvalue weighted by Crippen LogP contribution is 2.15. The Labute approximate surface area is 98.3 Å². The maximum Gasteiger partial charge on any atom is 0.102 e. The molecule has 1 aromatic rings. The van der Waals surface area contributed by atoms with Crippen LogP contribution in [0.1, 0.15) is 43.9 Å². The molecule has 16 heavy (non-hydrogen) atoms. The third kappa shape index (κ3) is 4.33. The summed E-state index contributed by atoms with van der Waals surface area (Å²) < 4.78 is 5.58. The van der Waals surface area contributed by atoms with Crippen LogP contribution in [0.2, 0.25) is 0 Å². The molecule has 0 bridgehead atoms. The largest absolute Gasteiger partial charge is 0.386 e. The fraction of sp³-hybridized carbons (Fsp3) is 0.571. The number of aryl methyl sites for hydroxylation is 1. The van der Waals surface area contributed by atoms with E-state index < -0.39 is 6.10 Å². The minimum atomic E-state index is -0.514. The SMILES string of the molecule is CCCC(C)OCC(O)c1ccc(C)cc1. The third-order valence-corrected chi connectivity index (χ3v) is 2.70. The van der Waals surface area contributed by atoms with Gasteiger partial charge in [-0.3, -0.25) is 0 Å². The van der Waals surface area contributed by atoms with Gasteiger partial charge in [0.1, 0.15) is 6.10 Å². The Morgan fingerprint density at radius 3 is 2.44 bits per heavy atom. The molecule has 0 aliphatic rings. The highest BCUT2D eigenvalue weighted by Gasteiger charge is 2.09. The summed E-state index contributed by atoms with van der Waals surface area (Å²) in [5.41, 5.74) is 2.13. The molecule has 0 fully saturated rings. The lowest BCUT2D eigenvalue weighted by atomic mass is 10.1. The first-order valence-electron chi connectivity index (χ1n) is 5.99. The standard InChI is InChI=1S/C14H22O2/c1-4-5-12(3)16-10-14(15)13-8-6-11(2)7-9-13/h6-9,12,14-15H,4-5,10H2,1-3H3. The number of ether oxygens (including phenoxy) is 1. The lowest BCUT2D eigenvalue weighted by Crippen LogP contribution is -2.14. The first kappa shape index (κ1) is 13.2. The molecule has 1 rings (SSSR count). The summed E-state index contributed by atoms with van der Waals surface area (Å²) in [7, 11) is 0. The van der Waals surface area contributed by atoms with E-state index in [4.69, 9.17) is 4.74 Å². The fourth-order valence-electron chi connectivity index (χ4n) is 1.63. The quantitative estimate of drug-likeness (QED) is 0.800. The molecule has 0 aliphatic heterocycles. The summed E-state index contributed by atoms with van der Waals surface area (Å²) in [6.45, 7) is 6.60. The molecule has 90 valence electrons. The normalized spacial score (nSPS) is 14.8. The van der Waals surface area contributed by atoms with E-state index in [9.17, 15) is 5.11 Å². The molecule has 0 saturated carbocycles. The van der Waals surface area contributed by atoms with Crippen LogP contribution < -0.4 is 0 Å². The van der Waals surface area contributed by atoms with Gasteiger partial charge >= 0.3 is 0 Å². The average Bonchev–Trinajstić information content (AvgIpc) is 2.27. The second kappa shape index (κ2) is 6.66. The molecule has 1 N–H and O–H groups in total. The molecule has 1 aromatic carbocycles. The number of aliphatic hydroxyl groups excluding tert-OH is 1. The second-order valence-corrected chi connectivity index (χ2v) is 4.36. The second-order valence-electron chi connectivity index (χ2n) is 4.36. The Kier molecular flexibility index (Phi) is 5.50. The summed E-state index contributed by atoms with van der Waals surface area (Å²) in [5.74, 6) is 0. The van der Waals surface area contributed by atoms with Crippen LogP contribution >= 0.6 is 0 Å². The zero-order chi connectivity index (χ0) is 12.0. The van der Waals surface area contributed by atoms with Crippen LogP contribution in [0.15, 0.2) is 24.3 Å². The van der Waals surface area contributed by atoms with Crippen molar-refractivity contribution in [2.24, 2.45) is 0 Å². The molecule has 2 atom stereocenters. The number of rotatable bonds is 6. The van der Waals surface area contributed by atoms with Crippen LogP contribution in [0.4, 0.5) is 0 Å². The summed E-state index contributed by atoms with van der Waals surface area (Å²) >= 11 is 0. The lowest BCUT2D eigenvalue weighted by Gasteiger charge is -2.16. The van der Waals surface area contributed by atoms with Crippen LogP contribution in [0.3, 0.4) is 0 Å². The summed E-state index contributed by atoms with van der Waals surface area (Å²) in [4.78, 5) is 0. The van der Waals surface area contributed by atoms with Crippen molar-refractivity contribution in [1.82, 2.24) is 0 Å². The van der Waals surface area contributed by atoms with E-state index in [0.29, 0.717) is 6.61 Å². The predicted molar refractivity (Wildman–Crippen MR) is 66.5 cm³/mol. The van der Waals surface area contributed by atoms with E-state index >= 15 is 0 Å². The van der Waals surface area contributed by atoms with Crippen molar-refractivity contribution in [2.45, 2.75) is 45.8 Å². The number of hydrogen-bond donors (Lipinski definition) is 1. The van der Waals surface area contributed by atoms with Gasteiger partial charge in [0.05, 0.1) is 12.7 Å². The molecule has 0 amide bonds. The minimum absolute atomic E-state index is 0.227. The lowest BCUT2D eigenvalue weighted by molar-refractivity contribution is -0.00584. The molecular formula is C14H22O2. The van der Waals surface area contributed by atoms with Crippen molar-refractivity contribution in [1.29, 1.82) is 0 Å². The number of benzene rings is 1. The van der Waals surface area contributed by atoms with Gasteiger partial charge in [-0.25, -0.2) is 0 Å². The molecular weight excluding hydrogens is 200 g/mol. The zero-order valence-electron chi connectivity index (χ0n) is 10.4. The van der Waals surface area contributed by atoms with Gasteiger partial charge in [-0.2, -0.15) is 0 Å². The van der Waals surface area contributed by atoms with Gasteiger partial charge in [0, 0.05) is 0 Å². The summed E-state index contributed by atoms with van der Waals surface area (Å²) in [6.07, 6.45) is 1.87. The van der Waals surface area contributed by atoms with E-state index in [1.807, 2.05) is 38.1 Å². The van der Waals surface area contributed by atoms with Crippen molar-refractivity contribution in [3.05, 3.63) is 35.4 Å². The van der Waals surface area contributed by atoms with Crippen molar-refractivity contribution >= 4 is 0 Å². The molecule has 0 spiro atoms. The molecule has 0 saturated heterocycles. The van der Waals surface area contributed by atoms with Gasteiger partial charge in [0.15, 0.2) is 0 Å². The van der Waals surface area contributed by atoms with Gasteiger partial charge in [0.2, 0.25) is 0 Å². The van der Waals surface area contributed by atoms with Crippen LogP contribution in [-0.4, -0.2) is 17.8 Å².